The number of anilines is 1. The van der Waals surface area contributed by atoms with E-state index in [9.17, 15) is 0 Å². The molecule has 6 nitrogen and oxygen atoms in total. The Bertz CT molecular complexity index is 1160. The number of aromatic amines is 1. The number of halogens is 1. The van der Waals surface area contributed by atoms with Crippen molar-refractivity contribution in [3.8, 4) is 0 Å². The molecule has 1 saturated heterocycles. The van der Waals surface area contributed by atoms with Crippen LogP contribution in [0.15, 0.2) is 48.8 Å². The standard InChI is InChI=1S/C22H23ClN6/c23-17-2-4-20-16(10-17)11-18(27-20)13-29-7-5-28(6-8-29)12-15-1-3-19-21(9-15)25-14-26-22(19)24/h1-4,9-11,14,27H,5-8,12-13H2,(H2,24,25,26). The Morgan fingerprint density at radius 2 is 1.72 bits per heavy atom. The van der Waals surface area contributed by atoms with Gasteiger partial charge < -0.3 is 10.7 Å². The average Bonchev–Trinajstić information content (AvgIpc) is 3.11. The number of nitrogens with zero attached hydrogens (tertiary/aromatic N) is 4. The average molecular weight is 407 g/mol. The SMILES string of the molecule is Nc1ncnc2cc(CN3CCN(Cc4cc5cc(Cl)ccc5[nH]4)CC3)ccc12. The fourth-order valence-electron chi connectivity index (χ4n) is 4.08. The second kappa shape index (κ2) is 7.63. The number of benzene rings is 2. The molecule has 4 aromatic rings. The molecule has 5 rings (SSSR count). The van der Waals surface area contributed by atoms with Crippen molar-refractivity contribution in [2.24, 2.45) is 0 Å². The van der Waals surface area contributed by atoms with Gasteiger partial charge in [-0.3, -0.25) is 9.80 Å². The summed E-state index contributed by atoms with van der Waals surface area (Å²) in [6.07, 6.45) is 1.53. The maximum atomic E-state index is 6.10. The van der Waals surface area contributed by atoms with Gasteiger partial charge in [-0.2, -0.15) is 0 Å². The number of nitrogens with two attached hydrogens (primary N) is 1. The molecule has 7 heteroatoms. The van der Waals surface area contributed by atoms with E-state index < -0.39 is 0 Å². The molecule has 0 saturated carbocycles. The summed E-state index contributed by atoms with van der Waals surface area (Å²) in [6.45, 7) is 6.08. The minimum atomic E-state index is 0.536. The fraction of sp³-hybridized carbons (Fsp3) is 0.273. The molecule has 29 heavy (non-hydrogen) atoms. The maximum absolute atomic E-state index is 6.10. The Balaban J connectivity index is 1.20. The second-order valence-corrected chi connectivity index (χ2v) is 8.13. The number of rotatable bonds is 4. The van der Waals surface area contributed by atoms with Crippen LogP contribution in [0.4, 0.5) is 5.82 Å². The van der Waals surface area contributed by atoms with Crippen molar-refractivity contribution in [2.45, 2.75) is 13.1 Å². The summed E-state index contributed by atoms with van der Waals surface area (Å²) in [6, 6.07) is 14.5. The van der Waals surface area contributed by atoms with E-state index >= 15 is 0 Å². The zero-order valence-electron chi connectivity index (χ0n) is 16.1. The Kier molecular flexibility index (Phi) is 4.83. The topological polar surface area (TPSA) is 74.1 Å². The largest absolute Gasteiger partial charge is 0.383 e. The Morgan fingerprint density at radius 3 is 2.55 bits per heavy atom. The second-order valence-electron chi connectivity index (χ2n) is 7.69. The normalized spacial score (nSPS) is 16.0. The first-order chi connectivity index (χ1) is 14.1. The minimum absolute atomic E-state index is 0.536. The molecule has 1 fully saturated rings. The van der Waals surface area contributed by atoms with E-state index in [1.165, 1.54) is 23.0 Å². The third kappa shape index (κ3) is 3.92. The van der Waals surface area contributed by atoms with E-state index in [-0.39, 0.29) is 0 Å². The van der Waals surface area contributed by atoms with Crippen molar-refractivity contribution in [2.75, 3.05) is 31.9 Å². The molecule has 0 bridgehead atoms. The van der Waals surface area contributed by atoms with Crippen LogP contribution in [0.2, 0.25) is 5.02 Å². The molecule has 0 spiro atoms. The van der Waals surface area contributed by atoms with E-state index in [1.807, 2.05) is 24.3 Å². The number of aromatic nitrogens is 3. The Morgan fingerprint density at radius 1 is 0.931 bits per heavy atom. The quantitative estimate of drug-likeness (QED) is 0.541. The predicted octanol–water partition coefficient (Wildman–Crippen LogP) is 3.66. The smallest absolute Gasteiger partial charge is 0.134 e. The Hall–Kier alpha value is -2.67. The maximum Gasteiger partial charge on any atom is 0.134 e. The summed E-state index contributed by atoms with van der Waals surface area (Å²) in [7, 11) is 0. The predicted molar refractivity (Wildman–Crippen MR) is 118 cm³/mol. The first kappa shape index (κ1) is 18.4. The van der Waals surface area contributed by atoms with E-state index in [0.29, 0.717) is 5.82 Å². The lowest BCUT2D eigenvalue weighted by Crippen LogP contribution is -2.45. The number of H-pyrrole nitrogens is 1. The summed E-state index contributed by atoms with van der Waals surface area (Å²) in [4.78, 5) is 16.9. The summed E-state index contributed by atoms with van der Waals surface area (Å²) >= 11 is 6.10. The van der Waals surface area contributed by atoms with Crippen LogP contribution >= 0.6 is 11.6 Å². The van der Waals surface area contributed by atoms with Gasteiger partial charge in [-0.1, -0.05) is 17.7 Å². The highest BCUT2D eigenvalue weighted by Crippen LogP contribution is 2.22. The van der Waals surface area contributed by atoms with Crippen LogP contribution < -0.4 is 5.73 Å². The fourth-order valence-corrected chi connectivity index (χ4v) is 4.26. The highest BCUT2D eigenvalue weighted by Gasteiger charge is 2.18. The monoisotopic (exact) mass is 406 g/mol. The number of fused-ring (bicyclic) bond motifs is 2. The van der Waals surface area contributed by atoms with Gasteiger partial charge in [-0.05, 0) is 42.0 Å². The molecule has 0 atom stereocenters. The third-order valence-electron chi connectivity index (χ3n) is 5.64. The molecule has 0 aliphatic carbocycles. The molecule has 0 unspecified atom stereocenters. The number of hydrogen-bond acceptors (Lipinski definition) is 5. The van der Waals surface area contributed by atoms with Gasteiger partial charge in [0, 0.05) is 66.3 Å². The van der Waals surface area contributed by atoms with Gasteiger partial charge in [0.15, 0.2) is 0 Å². The molecule has 148 valence electrons. The van der Waals surface area contributed by atoms with Crippen LogP contribution in [0.25, 0.3) is 21.8 Å². The number of piperazine rings is 1. The zero-order chi connectivity index (χ0) is 19.8. The number of nitrogen functional groups attached to an aromatic ring is 1. The van der Waals surface area contributed by atoms with Crippen molar-refractivity contribution in [1.82, 2.24) is 24.8 Å². The van der Waals surface area contributed by atoms with E-state index in [1.54, 1.807) is 0 Å². The number of hydrogen-bond donors (Lipinski definition) is 2. The van der Waals surface area contributed by atoms with E-state index in [4.69, 9.17) is 17.3 Å². The molecule has 1 aliphatic heterocycles. The zero-order valence-corrected chi connectivity index (χ0v) is 16.9. The van der Waals surface area contributed by atoms with Crippen LogP contribution in [-0.2, 0) is 13.1 Å². The van der Waals surface area contributed by atoms with E-state index in [0.717, 1.165) is 60.7 Å². The van der Waals surface area contributed by atoms with Crippen LogP contribution in [0.3, 0.4) is 0 Å². The molecule has 0 radical (unpaired) electrons. The molecule has 3 heterocycles. The Labute approximate surface area is 174 Å². The molecular formula is C22H23ClN6. The van der Waals surface area contributed by atoms with Gasteiger partial charge in [0.1, 0.15) is 12.1 Å². The van der Waals surface area contributed by atoms with Crippen LogP contribution in [0.5, 0.6) is 0 Å². The third-order valence-corrected chi connectivity index (χ3v) is 5.87. The van der Waals surface area contributed by atoms with Gasteiger partial charge in [-0.25, -0.2) is 9.97 Å². The summed E-state index contributed by atoms with van der Waals surface area (Å²) in [5.41, 5.74) is 10.5. The molecule has 3 N–H and O–H groups in total. The summed E-state index contributed by atoms with van der Waals surface area (Å²) in [5.74, 6) is 0.536. The lowest BCUT2D eigenvalue weighted by atomic mass is 10.1. The van der Waals surface area contributed by atoms with Crippen molar-refractivity contribution in [3.63, 3.8) is 0 Å². The summed E-state index contributed by atoms with van der Waals surface area (Å²) < 4.78 is 0. The van der Waals surface area contributed by atoms with Gasteiger partial charge in [0.25, 0.3) is 0 Å². The van der Waals surface area contributed by atoms with Gasteiger partial charge in [0.05, 0.1) is 5.52 Å². The van der Waals surface area contributed by atoms with Gasteiger partial charge in [-0.15, -0.1) is 0 Å². The van der Waals surface area contributed by atoms with Gasteiger partial charge in [0.2, 0.25) is 0 Å². The highest BCUT2D eigenvalue weighted by molar-refractivity contribution is 6.31. The molecule has 1 aliphatic rings. The van der Waals surface area contributed by atoms with Crippen LogP contribution in [-0.4, -0.2) is 50.9 Å². The van der Waals surface area contributed by atoms with Gasteiger partial charge >= 0.3 is 0 Å². The van der Waals surface area contributed by atoms with Crippen molar-refractivity contribution < 1.29 is 0 Å². The minimum Gasteiger partial charge on any atom is -0.383 e. The highest BCUT2D eigenvalue weighted by atomic mass is 35.5. The van der Waals surface area contributed by atoms with Crippen molar-refractivity contribution in [3.05, 3.63) is 65.1 Å². The molecular weight excluding hydrogens is 384 g/mol. The number of nitrogens with one attached hydrogen (secondary N) is 1. The molecule has 0 amide bonds. The van der Waals surface area contributed by atoms with Crippen LogP contribution in [0, 0.1) is 0 Å². The lowest BCUT2D eigenvalue weighted by Gasteiger charge is -2.34. The van der Waals surface area contributed by atoms with Crippen molar-refractivity contribution in [1.29, 1.82) is 0 Å². The molecule has 2 aromatic carbocycles. The summed E-state index contributed by atoms with van der Waals surface area (Å²) in [5, 5.41) is 2.87. The molecule has 2 aromatic heterocycles. The lowest BCUT2D eigenvalue weighted by molar-refractivity contribution is 0.121. The van der Waals surface area contributed by atoms with E-state index in [2.05, 4.69) is 43.0 Å². The first-order valence-electron chi connectivity index (χ1n) is 9.85. The first-order valence-corrected chi connectivity index (χ1v) is 10.2. The van der Waals surface area contributed by atoms with Crippen LogP contribution in [0.1, 0.15) is 11.3 Å². The van der Waals surface area contributed by atoms with Crippen molar-refractivity contribution >= 4 is 39.2 Å².